The van der Waals surface area contributed by atoms with Crippen LogP contribution in [-0.2, 0) is 9.59 Å². The van der Waals surface area contributed by atoms with Crippen molar-refractivity contribution < 1.29 is 14.3 Å². The minimum absolute atomic E-state index is 0.552. The van der Waals surface area contributed by atoms with Crippen LogP contribution in [0.4, 0.5) is 0 Å². The van der Waals surface area contributed by atoms with Crippen LogP contribution in [0.15, 0.2) is 48.5 Å². The van der Waals surface area contributed by atoms with Gasteiger partial charge in [0.2, 0.25) is 0 Å². The molecule has 0 radical (unpaired) electrons. The first-order valence-electron chi connectivity index (χ1n) is 6.79. The van der Waals surface area contributed by atoms with Crippen LogP contribution in [0.5, 0.6) is 11.5 Å². The summed E-state index contributed by atoms with van der Waals surface area (Å²) in [6, 6.07) is 17.1. The molecular weight excluding hydrogens is 292 g/mol. The maximum Gasteiger partial charge on any atom is 0.141 e. The molecular formula is C18H12N2O3. The summed E-state index contributed by atoms with van der Waals surface area (Å²) in [6.07, 6.45) is 1.18. The van der Waals surface area contributed by atoms with Crippen molar-refractivity contribution in [1.29, 1.82) is 10.5 Å². The van der Waals surface area contributed by atoms with Crippen LogP contribution in [0.1, 0.15) is 23.0 Å². The van der Waals surface area contributed by atoms with Gasteiger partial charge in [-0.15, -0.1) is 0 Å². The van der Waals surface area contributed by atoms with Crippen molar-refractivity contribution in [1.82, 2.24) is 0 Å². The molecule has 2 atom stereocenters. The van der Waals surface area contributed by atoms with Gasteiger partial charge in [-0.2, -0.15) is 10.5 Å². The maximum atomic E-state index is 10.7. The molecule has 0 saturated heterocycles. The first-order chi connectivity index (χ1) is 11.2. The predicted molar refractivity (Wildman–Crippen MR) is 81.8 cm³/mol. The van der Waals surface area contributed by atoms with E-state index in [4.69, 9.17) is 15.3 Å². The highest BCUT2D eigenvalue weighted by molar-refractivity contribution is 5.67. The van der Waals surface area contributed by atoms with E-state index in [2.05, 4.69) is 0 Å². The van der Waals surface area contributed by atoms with E-state index in [1.807, 2.05) is 12.1 Å². The van der Waals surface area contributed by atoms with Crippen molar-refractivity contribution in [3.63, 3.8) is 0 Å². The molecule has 2 aromatic carbocycles. The van der Waals surface area contributed by atoms with E-state index in [9.17, 15) is 9.59 Å². The third-order valence-corrected chi connectivity index (χ3v) is 3.26. The molecule has 0 aliphatic carbocycles. The van der Waals surface area contributed by atoms with Gasteiger partial charge in [0.15, 0.2) is 0 Å². The van der Waals surface area contributed by atoms with E-state index in [-0.39, 0.29) is 0 Å². The van der Waals surface area contributed by atoms with Crippen molar-refractivity contribution in [2.45, 2.75) is 11.8 Å². The van der Waals surface area contributed by atoms with Gasteiger partial charge in [-0.25, -0.2) is 0 Å². The van der Waals surface area contributed by atoms with Crippen LogP contribution in [0.3, 0.4) is 0 Å². The monoisotopic (exact) mass is 304 g/mol. The number of nitrogens with zero attached hydrogens (tertiary/aromatic N) is 2. The zero-order chi connectivity index (χ0) is 16.7. The first-order valence-corrected chi connectivity index (χ1v) is 6.79. The van der Waals surface area contributed by atoms with Gasteiger partial charge in [-0.1, -0.05) is 24.3 Å². The third kappa shape index (κ3) is 3.81. The SMILES string of the molecule is N#CC(C=O)c1ccc(Oc2ccc(C(C#N)C=O)cc2)cc1. The van der Waals surface area contributed by atoms with E-state index in [1.165, 1.54) is 0 Å². The Balaban J connectivity index is 2.11. The number of nitriles is 2. The van der Waals surface area contributed by atoms with Gasteiger partial charge < -0.3 is 14.3 Å². The molecule has 0 spiro atoms. The Hall–Kier alpha value is -3.44. The van der Waals surface area contributed by atoms with Gasteiger partial charge >= 0.3 is 0 Å². The molecule has 0 aromatic heterocycles. The lowest BCUT2D eigenvalue weighted by atomic mass is 10.0. The number of ether oxygens (including phenoxy) is 1. The van der Waals surface area contributed by atoms with Crippen molar-refractivity contribution in [2.75, 3.05) is 0 Å². The summed E-state index contributed by atoms with van der Waals surface area (Å²) < 4.78 is 5.64. The smallest absolute Gasteiger partial charge is 0.141 e. The number of rotatable bonds is 6. The molecule has 0 fully saturated rings. The Morgan fingerprint density at radius 1 is 0.739 bits per heavy atom. The fourth-order valence-corrected chi connectivity index (χ4v) is 1.99. The molecule has 0 aliphatic rings. The lowest BCUT2D eigenvalue weighted by Gasteiger charge is -2.08. The normalized spacial score (nSPS) is 12.3. The van der Waals surface area contributed by atoms with Crippen LogP contribution >= 0.6 is 0 Å². The molecule has 2 rings (SSSR count). The third-order valence-electron chi connectivity index (χ3n) is 3.26. The molecule has 2 aromatic rings. The van der Waals surface area contributed by atoms with Gasteiger partial charge in [0, 0.05) is 0 Å². The summed E-state index contributed by atoms with van der Waals surface area (Å²) in [5.41, 5.74) is 1.21. The molecule has 0 heterocycles. The average molecular weight is 304 g/mol. The van der Waals surface area contributed by atoms with E-state index < -0.39 is 11.8 Å². The fourth-order valence-electron chi connectivity index (χ4n) is 1.99. The summed E-state index contributed by atoms with van der Waals surface area (Å²) in [4.78, 5) is 21.5. The highest BCUT2D eigenvalue weighted by Crippen LogP contribution is 2.25. The number of benzene rings is 2. The van der Waals surface area contributed by atoms with Gasteiger partial charge in [0.05, 0.1) is 12.1 Å². The van der Waals surface area contributed by atoms with Gasteiger partial charge in [0.1, 0.15) is 35.9 Å². The lowest BCUT2D eigenvalue weighted by molar-refractivity contribution is -0.108. The van der Waals surface area contributed by atoms with E-state index in [0.717, 1.165) is 0 Å². The van der Waals surface area contributed by atoms with Crippen molar-refractivity contribution in [2.24, 2.45) is 0 Å². The second kappa shape index (κ2) is 7.53. The van der Waals surface area contributed by atoms with Crippen LogP contribution in [0, 0.1) is 22.7 Å². The molecule has 112 valence electrons. The maximum absolute atomic E-state index is 10.7. The number of carbonyl (C=O) groups is 2. The Morgan fingerprint density at radius 3 is 1.35 bits per heavy atom. The second-order valence-electron chi connectivity index (χ2n) is 4.73. The topological polar surface area (TPSA) is 90.9 Å². The molecule has 0 N–H and O–H groups in total. The van der Waals surface area contributed by atoms with Gasteiger partial charge in [0.25, 0.3) is 0 Å². The fraction of sp³-hybridized carbons (Fsp3) is 0.111. The second-order valence-corrected chi connectivity index (χ2v) is 4.73. The molecule has 5 heteroatoms. The molecule has 0 aliphatic heterocycles. The standard InChI is InChI=1S/C18H12N2O3/c19-9-15(11-21)13-1-5-17(6-2-13)23-18-7-3-14(4-8-18)16(10-20)12-22/h1-8,11-12,15-16H. The molecule has 23 heavy (non-hydrogen) atoms. The Bertz CT molecular complexity index is 700. The Kier molecular flexibility index (Phi) is 5.22. The Labute approximate surface area is 133 Å². The largest absolute Gasteiger partial charge is 0.457 e. The zero-order valence-electron chi connectivity index (χ0n) is 12.0. The molecule has 0 saturated carbocycles. The first kappa shape index (κ1) is 15.9. The van der Waals surface area contributed by atoms with Crippen LogP contribution in [-0.4, -0.2) is 12.6 Å². The quantitative estimate of drug-likeness (QED) is 0.765. The summed E-state index contributed by atoms with van der Waals surface area (Å²) in [6.45, 7) is 0. The highest BCUT2D eigenvalue weighted by Gasteiger charge is 2.10. The van der Waals surface area contributed by atoms with E-state index in [0.29, 0.717) is 35.2 Å². The number of hydrogen-bond donors (Lipinski definition) is 0. The molecule has 2 unspecified atom stereocenters. The van der Waals surface area contributed by atoms with Crippen LogP contribution in [0.2, 0.25) is 0 Å². The average Bonchev–Trinajstić information content (AvgIpc) is 2.60. The summed E-state index contributed by atoms with van der Waals surface area (Å²) >= 11 is 0. The highest BCUT2D eigenvalue weighted by atomic mass is 16.5. The van der Waals surface area contributed by atoms with Gasteiger partial charge in [-0.3, -0.25) is 0 Å². The summed E-state index contributed by atoms with van der Waals surface area (Å²) in [5, 5.41) is 17.7. The number of aldehydes is 2. The van der Waals surface area contributed by atoms with E-state index >= 15 is 0 Å². The van der Waals surface area contributed by atoms with Crippen molar-refractivity contribution in [3.8, 4) is 23.6 Å². The summed E-state index contributed by atoms with van der Waals surface area (Å²) in [5.74, 6) is -0.461. The molecule has 0 bridgehead atoms. The van der Waals surface area contributed by atoms with E-state index in [1.54, 1.807) is 48.5 Å². The van der Waals surface area contributed by atoms with Crippen molar-refractivity contribution in [3.05, 3.63) is 59.7 Å². The lowest BCUT2D eigenvalue weighted by Crippen LogP contribution is -1.97. The van der Waals surface area contributed by atoms with Crippen molar-refractivity contribution >= 4 is 12.6 Å². The molecule has 0 amide bonds. The number of carbonyl (C=O) groups excluding carboxylic acids is 2. The number of hydrogen-bond acceptors (Lipinski definition) is 5. The minimum atomic E-state index is -0.783. The summed E-state index contributed by atoms with van der Waals surface area (Å²) in [7, 11) is 0. The zero-order valence-corrected chi connectivity index (χ0v) is 12.0. The van der Waals surface area contributed by atoms with Crippen LogP contribution < -0.4 is 4.74 Å². The molecule has 5 nitrogen and oxygen atoms in total. The van der Waals surface area contributed by atoms with Crippen LogP contribution in [0.25, 0.3) is 0 Å². The van der Waals surface area contributed by atoms with Gasteiger partial charge in [-0.05, 0) is 35.4 Å². The Morgan fingerprint density at radius 2 is 1.09 bits per heavy atom. The predicted octanol–water partition coefficient (Wildman–Crippen LogP) is 3.09. The minimum Gasteiger partial charge on any atom is -0.457 e.